The van der Waals surface area contributed by atoms with E-state index >= 15 is 0 Å². The molecule has 3 unspecified atom stereocenters. The van der Waals surface area contributed by atoms with Crippen molar-refractivity contribution in [3.63, 3.8) is 0 Å². The lowest BCUT2D eigenvalue weighted by atomic mass is 9.70. The summed E-state index contributed by atoms with van der Waals surface area (Å²) in [6.45, 7) is 4.73. The predicted octanol–water partition coefficient (Wildman–Crippen LogP) is 2.55. The van der Waals surface area contributed by atoms with Gasteiger partial charge in [0.1, 0.15) is 0 Å². The third kappa shape index (κ3) is 1.10. The Hall–Kier alpha value is -0.0400. The first-order valence-electron chi connectivity index (χ1n) is 5.42. The molecule has 0 aromatic carbocycles. The molecule has 1 spiro atoms. The molecular formula is C11H21N. The summed E-state index contributed by atoms with van der Waals surface area (Å²) >= 11 is 0. The van der Waals surface area contributed by atoms with Crippen LogP contribution in [0.2, 0.25) is 0 Å². The average molecular weight is 167 g/mol. The van der Waals surface area contributed by atoms with Crippen LogP contribution in [-0.4, -0.2) is 6.04 Å². The van der Waals surface area contributed by atoms with Gasteiger partial charge in [-0.2, -0.15) is 0 Å². The summed E-state index contributed by atoms with van der Waals surface area (Å²) in [7, 11) is 0. The maximum atomic E-state index is 6.06. The molecule has 2 aliphatic carbocycles. The van der Waals surface area contributed by atoms with Crippen LogP contribution in [0.25, 0.3) is 0 Å². The van der Waals surface area contributed by atoms with E-state index in [0.29, 0.717) is 11.5 Å². The maximum absolute atomic E-state index is 6.06. The molecule has 2 aliphatic rings. The van der Waals surface area contributed by atoms with Crippen LogP contribution in [0.1, 0.15) is 46.0 Å². The molecule has 2 fully saturated rings. The van der Waals surface area contributed by atoms with Crippen molar-refractivity contribution in [3.05, 3.63) is 0 Å². The summed E-state index contributed by atoms with van der Waals surface area (Å²) in [5.74, 6) is 1.78. The molecule has 2 rings (SSSR count). The molecule has 1 heteroatoms. The summed E-state index contributed by atoms with van der Waals surface area (Å²) < 4.78 is 0. The molecule has 0 radical (unpaired) electrons. The van der Waals surface area contributed by atoms with E-state index in [1.807, 2.05) is 0 Å². The quantitative estimate of drug-likeness (QED) is 0.638. The fraction of sp³-hybridized carbons (Fsp3) is 1.00. The normalized spacial score (nSPS) is 47.0. The minimum absolute atomic E-state index is 0.546. The molecule has 0 aromatic heterocycles. The minimum Gasteiger partial charge on any atom is -0.327 e. The van der Waals surface area contributed by atoms with Gasteiger partial charge in [-0.3, -0.25) is 0 Å². The lowest BCUT2D eigenvalue weighted by molar-refractivity contribution is 0.153. The summed E-state index contributed by atoms with van der Waals surface area (Å²) in [6.07, 6.45) is 7.03. The Labute approximate surface area is 75.7 Å². The monoisotopic (exact) mass is 167 g/mol. The molecule has 70 valence electrons. The standard InChI is InChI=1S/C11H21N/c1-8(2)9-5-3-4-6-11(9)7-10(11)12/h8-10H,3-7,12H2,1-2H3. The number of rotatable bonds is 1. The fourth-order valence-electron chi connectivity index (χ4n) is 3.35. The van der Waals surface area contributed by atoms with Crippen LogP contribution in [0.4, 0.5) is 0 Å². The van der Waals surface area contributed by atoms with Gasteiger partial charge in [0.25, 0.3) is 0 Å². The zero-order valence-corrected chi connectivity index (χ0v) is 8.34. The van der Waals surface area contributed by atoms with E-state index in [9.17, 15) is 0 Å². The summed E-state index contributed by atoms with van der Waals surface area (Å²) in [6, 6.07) is 0.546. The highest BCUT2D eigenvalue weighted by Gasteiger charge is 2.57. The van der Waals surface area contributed by atoms with Gasteiger partial charge >= 0.3 is 0 Å². The van der Waals surface area contributed by atoms with Gasteiger partial charge in [-0.05, 0) is 36.5 Å². The SMILES string of the molecule is CC(C)C1CCCCC12CC2N. The molecule has 12 heavy (non-hydrogen) atoms. The fourth-order valence-corrected chi connectivity index (χ4v) is 3.35. The smallest absolute Gasteiger partial charge is 0.0105 e. The Balaban J connectivity index is 2.09. The Kier molecular flexibility index (Phi) is 1.95. The lowest BCUT2D eigenvalue weighted by Crippen LogP contribution is -2.30. The molecule has 1 nitrogen and oxygen atoms in total. The van der Waals surface area contributed by atoms with Crippen molar-refractivity contribution < 1.29 is 0 Å². The van der Waals surface area contributed by atoms with Crippen molar-refractivity contribution >= 4 is 0 Å². The first-order valence-corrected chi connectivity index (χ1v) is 5.42. The van der Waals surface area contributed by atoms with E-state index < -0.39 is 0 Å². The number of hydrogen-bond acceptors (Lipinski definition) is 1. The second kappa shape index (κ2) is 2.73. The van der Waals surface area contributed by atoms with Gasteiger partial charge < -0.3 is 5.73 Å². The summed E-state index contributed by atoms with van der Waals surface area (Å²) in [5, 5.41) is 0. The van der Waals surface area contributed by atoms with Gasteiger partial charge in [-0.1, -0.05) is 26.7 Å². The van der Waals surface area contributed by atoms with Gasteiger partial charge in [-0.25, -0.2) is 0 Å². The van der Waals surface area contributed by atoms with E-state index in [1.54, 1.807) is 0 Å². The van der Waals surface area contributed by atoms with Crippen LogP contribution in [0.5, 0.6) is 0 Å². The second-order valence-electron chi connectivity index (χ2n) is 5.14. The van der Waals surface area contributed by atoms with Gasteiger partial charge in [0.15, 0.2) is 0 Å². The van der Waals surface area contributed by atoms with Crippen LogP contribution in [0.3, 0.4) is 0 Å². The molecule has 3 atom stereocenters. The Morgan fingerprint density at radius 2 is 2.00 bits per heavy atom. The Bertz CT molecular complexity index is 176. The van der Waals surface area contributed by atoms with Crippen LogP contribution in [0, 0.1) is 17.3 Å². The molecule has 2 saturated carbocycles. The molecular weight excluding hydrogens is 146 g/mol. The van der Waals surface area contributed by atoms with Crippen molar-refractivity contribution in [3.8, 4) is 0 Å². The molecule has 0 saturated heterocycles. The van der Waals surface area contributed by atoms with Crippen LogP contribution in [0.15, 0.2) is 0 Å². The second-order valence-corrected chi connectivity index (χ2v) is 5.14. The molecule has 0 bridgehead atoms. The van der Waals surface area contributed by atoms with Crippen LogP contribution >= 0.6 is 0 Å². The van der Waals surface area contributed by atoms with E-state index in [2.05, 4.69) is 13.8 Å². The molecule has 0 amide bonds. The molecule has 0 aliphatic heterocycles. The van der Waals surface area contributed by atoms with E-state index in [4.69, 9.17) is 5.73 Å². The zero-order chi connectivity index (χ0) is 8.77. The highest BCUT2D eigenvalue weighted by Crippen LogP contribution is 2.60. The minimum atomic E-state index is 0.546. The van der Waals surface area contributed by atoms with Crippen LogP contribution in [-0.2, 0) is 0 Å². The van der Waals surface area contributed by atoms with Crippen molar-refractivity contribution in [2.24, 2.45) is 23.0 Å². The number of hydrogen-bond donors (Lipinski definition) is 1. The van der Waals surface area contributed by atoms with Crippen molar-refractivity contribution in [2.75, 3.05) is 0 Å². The molecule has 0 heterocycles. The first-order chi connectivity index (χ1) is 5.67. The van der Waals surface area contributed by atoms with Crippen LogP contribution < -0.4 is 5.73 Å². The van der Waals surface area contributed by atoms with E-state index in [-0.39, 0.29) is 0 Å². The maximum Gasteiger partial charge on any atom is 0.0105 e. The lowest BCUT2D eigenvalue weighted by Gasteiger charge is -2.35. The van der Waals surface area contributed by atoms with E-state index in [0.717, 1.165) is 11.8 Å². The molecule has 2 N–H and O–H groups in total. The Morgan fingerprint density at radius 3 is 2.42 bits per heavy atom. The van der Waals surface area contributed by atoms with Gasteiger partial charge in [-0.15, -0.1) is 0 Å². The van der Waals surface area contributed by atoms with Gasteiger partial charge in [0, 0.05) is 6.04 Å². The van der Waals surface area contributed by atoms with Gasteiger partial charge in [0.05, 0.1) is 0 Å². The van der Waals surface area contributed by atoms with Crippen molar-refractivity contribution in [2.45, 2.75) is 52.0 Å². The largest absolute Gasteiger partial charge is 0.327 e. The highest BCUT2D eigenvalue weighted by atomic mass is 14.8. The Morgan fingerprint density at radius 1 is 1.33 bits per heavy atom. The highest BCUT2D eigenvalue weighted by molar-refractivity contribution is 5.11. The molecule has 0 aromatic rings. The third-order valence-corrected chi connectivity index (χ3v) is 4.13. The van der Waals surface area contributed by atoms with Crippen molar-refractivity contribution in [1.29, 1.82) is 0 Å². The topological polar surface area (TPSA) is 26.0 Å². The zero-order valence-electron chi connectivity index (χ0n) is 8.34. The summed E-state index contributed by atoms with van der Waals surface area (Å²) in [4.78, 5) is 0. The van der Waals surface area contributed by atoms with E-state index in [1.165, 1.54) is 32.1 Å². The predicted molar refractivity (Wildman–Crippen MR) is 51.8 cm³/mol. The average Bonchev–Trinajstić information content (AvgIpc) is 2.62. The first kappa shape index (κ1) is 8.55. The third-order valence-electron chi connectivity index (χ3n) is 4.13. The van der Waals surface area contributed by atoms with Crippen molar-refractivity contribution in [1.82, 2.24) is 0 Å². The number of nitrogens with two attached hydrogens (primary N) is 1. The van der Waals surface area contributed by atoms with Gasteiger partial charge in [0.2, 0.25) is 0 Å². The summed E-state index contributed by atoms with van der Waals surface area (Å²) in [5.41, 5.74) is 6.66.